The largest absolute Gasteiger partial charge is 0.383 e. The lowest BCUT2D eigenvalue weighted by molar-refractivity contribution is 0.456. The topological polar surface area (TPSA) is 93.8 Å². The Morgan fingerprint density at radius 2 is 1.86 bits per heavy atom. The molecule has 3 rings (SSSR count). The van der Waals surface area contributed by atoms with Crippen LogP contribution in [0.1, 0.15) is 25.8 Å². The van der Waals surface area contributed by atoms with Gasteiger partial charge in [-0.05, 0) is 18.6 Å². The van der Waals surface area contributed by atoms with E-state index in [1.807, 2.05) is 13.0 Å². The van der Waals surface area contributed by atoms with Gasteiger partial charge in [-0.3, -0.25) is 9.59 Å². The first-order chi connectivity index (χ1) is 10.1. The molecule has 1 aromatic carbocycles. The van der Waals surface area contributed by atoms with Gasteiger partial charge in [0.1, 0.15) is 11.9 Å². The van der Waals surface area contributed by atoms with Crippen LogP contribution in [0.15, 0.2) is 39.4 Å². The fourth-order valence-corrected chi connectivity index (χ4v) is 2.87. The molecule has 1 unspecified atom stereocenters. The Labute approximate surface area is 120 Å². The van der Waals surface area contributed by atoms with E-state index in [4.69, 9.17) is 5.73 Å². The summed E-state index contributed by atoms with van der Waals surface area (Å²) in [5.41, 5.74) is 5.57. The van der Waals surface area contributed by atoms with Gasteiger partial charge in [-0.25, -0.2) is 4.68 Å². The number of hydrogen-bond acceptors (Lipinski definition) is 4. The fraction of sp³-hybridized carbons (Fsp3) is 0.267. The molecule has 1 aliphatic heterocycles. The Kier molecular flexibility index (Phi) is 2.91. The maximum absolute atomic E-state index is 12.7. The third kappa shape index (κ3) is 1.64. The van der Waals surface area contributed by atoms with Crippen molar-refractivity contribution in [3.8, 4) is 6.07 Å². The van der Waals surface area contributed by atoms with Crippen LogP contribution >= 0.6 is 0 Å². The van der Waals surface area contributed by atoms with E-state index in [1.165, 1.54) is 4.68 Å². The Morgan fingerprint density at radius 1 is 1.24 bits per heavy atom. The van der Waals surface area contributed by atoms with Gasteiger partial charge in [-0.2, -0.15) is 9.94 Å². The second-order valence-corrected chi connectivity index (χ2v) is 5.03. The minimum Gasteiger partial charge on any atom is -0.383 e. The summed E-state index contributed by atoms with van der Waals surface area (Å²) < 4.78 is 2.46. The first-order valence-electron chi connectivity index (χ1n) is 6.78. The van der Waals surface area contributed by atoms with Crippen LogP contribution in [-0.2, 0) is 0 Å². The summed E-state index contributed by atoms with van der Waals surface area (Å²) in [4.78, 5) is 25.3. The summed E-state index contributed by atoms with van der Waals surface area (Å²) in [5.74, 6) is 0.0591. The maximum Gasteiger partial charge on any atom is 0.279 e. The average molecular weight is 282 g/mol. The second kappa shape index (κ2) is 4.63. The van der Waals surface area contributed by atoms with Crippen molar-refractivity contribution in [2.24, 2.45) is 5.73 Å². The summed E-state index contributed by atoms with van der Waals surface area (Å²) in [7, 11) is 0. The van der Waals surface area contributed by atoms with Gasteiger partial charge in [0, 0.05) is 0 Å². The lowest BCUT2D eigenvalue weighted by Crippen LogP contribution is -2.37. The number of benzene rings is 1. The molecule has 0 bridgehead atoms. The van der Waals surface area contributed by atoms with E-state index in [-0.39, 0.29) is 22.5 Å². The lowest BCUT2D eigenvalue weighted by atomic mass is 10.0. The molecule has 6 heteroatoms. The van der Waals surface area contributed by atoms with Crippen LogP contribution < -0.4 is 16.9 Å². The fourth-order valence-electron chi connectivity index (χ4n) is 2.87. The van der Waals surface area contributed by atoms with E-state index >= 15 is 0 Å². The van der Waals surface area contributed by atoms with Crippen molar-refractivity contribution >= 4 is 16.6 Å². The number of aromatic nitrogens is 2. The molecule has 6 nitrogen and oxygen atoms in total. The average Bonchev–Trinajstić information content (AvgIpc) is 2.78. The molecule has 0 fully saturated rings. The van der Waals surface area contributed by atoms with Crippen molar-refractivity contribution in [2.75, 3.05) is 0 Å². The molecule has 1 aromatic heterocycles. The van der Waals surface area contributed by atoms with Crippen LogP contribution in [0.4, 0.5) is 0 Å². The van der Waals surface area contributed by atoms with Gasteiger partial charge in [-0.15, -0.1) is 0 Å². The standard InChI is InChI=1S/C15H14N4O2/c1-2-5-12-11(8-16)13(17)19-15(21)10-7-4-3-6-9(10)14(20)18(12)19/h3-4,6-7,12H,2,5,17H2,1H3. The number of nitrogens with two attached hydrogens (primary N) is 1. The van der Waals surface area contributed by atoms with E-state index in [2.05, 4.69) is 0 Å². The van der Waals surface area contributed by atoms with E-state index in [0.29, 0.717) is 17.2 Å². The molecular formula is C15H14N4O2. The van der Waals surface area contributed by atoms with Crippen molar-refractivity contribution in [1.82, 2.24) is 9.36 Å². The second-order valence-electron chi connectivity index (χ2n) is 5.03. The number of allylic oxidation sites excluding steroid dienone is 1. The molecule has 0 aliphatic carbocycles. The first kappa shape index (κ1) is 13.2. The molecule has 106 valence electrons. The normalized spacial score (nSPS) is 17.0. The Morgan fingerprint density at radius 3 is 2.43 bits per heavy atom. The van der Waals surface area contributed by atoms with Crippen LogP contribution in [0.5, 0.6) is 0 Å². The SMILES string of the molecule is CCCC1C(C#N)=C(N)n2c(=O)c3ccccc3c(=O)n21. The molecule has 0 saturated heterocycles. The summed E-state index contributed by atoms with van der Waals surface area (Å²) in [6.45, 7) is 1.96. The predicted octanol–water partition coefficient (Wildman–Crippen LogP) is 1.17. The third-order valence-corrected chi connectivity index (χ3v) is 3.82. The minimum absolute atomic E-state index is 0.0591. The highest BCUT2D eigenvalue weighted by atomic mass is 16.2. The molecule has 0 spiro atoms. The number of fused-ring (bicyclic) bond motifs is 2. The Bertz CT molecular complexity index is 927. The van der Waals surface area contributed by atoms with Crippen LogP contribution in [0.25, 0.3) is 16.6 Å². The highest BCUT2D eigenvalue weighted by Gasteiger charge is 2.32. The zero-order valence-corrected chi connectivity index (χ0v) is 11.5. The summed E-state index contributed by atoms with van der Waals surface area (Å²) in [5, 5.41) is 9.98. The Hall–Kier alpha value is -2.81. The maximum atomic E-state index is 12.7. The first-order valence-corrected chi connectivity index (χ1v) is 6.78. The van der Waals surface area contributed by atoms with Crippen molar-refractivity contribution < 1.29 is 0 Å². The van der Waals surface area contributed by atoms with E-state index in [1.54, 1.807) is 24.3 Å². The monoisotopic (exact) mass is 282 g/mol. The molecule has 1 atom stereocenters. The number of nitrogens with zero attached hydrogens (tertiary/aromatic N) is 3. The zero-order valence-electron chi connectivity index (χ0n) is 11.5. The quantitative estimate of drug-likeness (QED) is 0.894. The van der Waals surface area contributed by atoms with Crippen LogP contribution in [0, 0.1) is 11.3 Å². The molecule has 2 heterocycles. The number of hydrogen-bond donors (Lipinski definition) is 1. The number of rotatable bonds is 2. The minimum atomic E-state index is -0.468. The van der Waals surface area contributed by atoms with Gasteiger partial charge < -0.3 is 5.73 Å². The smallest absolute Gasteiger partial charge is 0.279 e. The molecule has 0 radical (unpaired) electrons. The zero-order chi connectivity index (χ0) is 15.1. The predicted molar refractivity (Wildman–Crippen MR) is 79.4 cm³/mol. The molecule has 0 amide bonds. The Balaban J connectivity index is 2.49. The van der Waals surface area contributed by atoms with Crippen molar-refractivity contribution in [1.29, 1.82) is 5.26 Å². The molecule has 0 saturated carbocycles. The van der Waals surface area contributed by atoms with E-state index in [9.17, 15) is 14.9 Å². The van der Waals surface area contributed by atoms with Gasteiger partial charge in [0.25, 0.3) is 11.1 Å². The molecular weight excluding hydrogens is 268 g/mol. The summed E-state index contributed by atoms with van der Waals surface area (Å²) in [6.07, 6.45) is 1.36. The van der Waals surface area contributed by atoms with Gasteiger partial charge in [-0.1, -0.05) is 25.5 Å². The van der Waals surface area contributed by atoms with Gasteiger partial charge in [0.15, 0.2) is 0 Å². The number of nitriles is 1. The van der Waals surface area contributed by atoms with Gasteiger partial charge >= 0.3 is 0 Å². The van der Waals surface area contributed by atoms with Crippen LogP contribution in [-0.4, -0.2) is 9.36 Å². The molecule has 1 aliphatic rings. The van der Waals surface area contributed by atoms with Crippen LogP contribution in [0.3, 0.4) is 0 Å². The molecule has 21 heavy (non-hydrogen) atoms. The molecule has 2 aromatic rings. The highest BCUT2D eigenvalue weighted by molar-refractivity contribution is 5.81. The van der Waals surface area contributed by atoms with Crippen LogP contribution in [0.2, 0.25) is 0 Å². The van der Waals surface area contributed by atoms with Crippen molar-refractivity contribution in [3.63, 3.8) is 0 Å². The van der Waals surface area contributed by atoms with Gasteiger partial charge in [0.2, 0.25) is 0 Å². The molecule has 2 N–H and O–H groups in total. The van der Waals surface area contributed by atoms with E-state index < -0.39 is 6.04 Å². The highest BCUT2D eigenvalue weighted by Crippen LogP contribution is 2.29. The van der Waals surface area contributed by atoms with E-state index in [0.717, 1.165) is 11.1 Å². The summed E-state index contributed by atoms with van der Waals surface area (Å²) >= 11 is 0. The van der Waals surface area contributed by atoms with Crippen molar-refractivity contribution in [3.05, 3.63) is 50.5 Å². The van der Waals surface area contributed by atoms with Gasteiger partial charge in [0.05, 0.1) is 22.4 Å². The van der Waals surface area contributed by atoms with Crippen molar-refractivity contribution in [2.45, 2.75) is 25.8 Å². The third-order valence-electron chi connectivity index (χ3n) is 3.82. The lowest BCUT2D eigenvalue weighted by Gasteiger charge is -2.15. The summed E-state index contributed by atoms with van der Waals surface area (Å²) in [6, 6.07) is 8.20.